The molecule has 0 amide bonds. The lowest BCUT2D eigenvalue weighted by Crippen LogP contribution is -2.09. The van der Waals surface area contributed by atoms with Crippen LogP contribution in [-0.2, 0) is 0 Å². The molecule has 1 aromatic heterocycles. The van der Waals surface area contributed by atoms with Crippen molar-refractivity contribution < 1.29 is 4.42 Å². The van der Waals surface area contributed by atoms with Crippen molar-refractivity contribution >= 4 is 26.9 Å². The largest absolute Gasteiger partial charge is 0.458 e. The average Bonchev–Trinajstić information content (AvgIpc) is 2.95. The number of rotatable bonds is 3. The number of furan rings is 1. The van der Waals surface area contributed by atoms with E-state index in [-0.39, 0.29) is 6.04 Å². The minimum Gasteiger partial charge on any atom is -0.458 e. The van der Waals surface area contributed by atoms with Crippen LogP contribution in [0, 0.1) is 5.92 Å². The predicted molar refractivity (Wildman–Crippen MR) is 68.2 cm³/mol. The van der Waals surface area contributed by atoms with Crippen LogP contribution in [0.1, 0.15) is 31.1 Å². The van der Waals surface area contributed by atoms with Gasteiger partial charge >= 0.3 is 0 Å². The Balaban J connectivity index is 1.94. The normalized spacial score (nSPS) is 17.9. The smallest absolute Gasteiger partial charge is 0.148 e. The molecular formula is C13H14BrNO. The van der Waals surface area contributed by atoms with Crippen molar-refractivity contribution in [2.24, 2.45) is 11.7 Å². The van der Waals surface area contributed by atoms with Gasteiger partial charge in [-0.3, -0.25) is 0 Å². The summed E-state index contributed by atoms with van der Waals surface area (Å²) in [6.45, 7) is 0. The Morgan fingerprint density at radius 1 is 1.44 bits per heavy atom. The Morgan fingerprint density at radius 2 is 2.25 bits per heavy atom. The number of hydrogen-bond acceptors (Lipinski definition) is 2. The van der Waals surface area contributed by atoms with Gasteiger partial charge in [-0.25, -0.2) is 0 Å². The molecule has 1 heterocycles. The fourth-order valence-electron chi connectivity index (χ4n) is 2.06. The van der Waals surface area contributed by atoms with Crippen molar-refractivity contribution in [2.45, 2.75) is 25.3 Å². The Kier molecular flexibility index (Phi) is 2.52. The van der Waals surface area contributed by atoms with Crippen LogP contribution in [0.5, 0.6) is 0 Å². The summed E-state index contributed by atoms with van der Waals surface area (Å²) < 4.78 is 6.81. The van der Waals surface area contributed by atoms with Gasteiger partial charge in [0, 0.05) is 5.39 Å². The summed E-state index contributed by atoms with van der Waals surface area (Å²) in [5, 5.41) is 1.12. The second-order valence-electron chi connectivity index (χ2n) is 4.59. The maximum atomic E-state index is 6.14. The van der Waals surface area contributed by atoms with Crippen LogP contribution in [0.2, 0.25) is 0 Å². The monoisotopic (exact) mass is 279 g/mol. The molecule has 0 aliphatic heterocycles. The maximum Gasteiger partial charge on any atom is 0.148 e. The van der Waals surface area contributed by atoms with Crippen LogP contribution in [0.4, 0.5) is 0 Å². The van der Waals surface area contributed by atoms with E-state index in [9.17, 15) is 0 Å². The second-order valence-corrected chi connectivity index (χ2v) is 5.45. The van der Waals surface area contributed by atoms with Crippen molar-refractivity contribution in [3.8, 4) is 0 Å². The van der Waals surface area contributed by atoms with Crippen LogP contribution >= 0.6 is 15.9 Å². The zero-order chi connectivity index (χ0) is 11.1. The fourth-order valence-corrected chi connectivity index (χ4v) is 2.52. The van der Waals surface area contributed by atoms with E-state index in [1.807, 2.05) is 12.1 Å². The van der Waals surface area contributed by atoms with Gasteiger partial charge in [0.25, 0.3) is 0 Å². The zero-order valence-corrected chi connectivity index (χ0v) is 10.5. The highest BCUT2D eigenvalue weighted by Crippen LogP contribution is 2.38. The molecule has 1 aliphatic carbocycles. The lowest BCUT2D eigenvalue weighted by Gasteiger charge is -2.06. The Bertz CT molecular complexity index is 516. The molecule has 0 radical (unpaired) electrons. The highest BCUT2D eigenvalue weighted by atomic mass is 79.9. The summed E-state index contributed by atoms with van der Waals surface area (Å²) in [6, 6.07) is 8.16. The Labute approximate surface area is 103 Å². The van der Waals surface area contributed by atoms with Gasteiger partial charge in [-0.05, 0) is 40.4 Å². The maximum absolute atomic E-state index is 6.14. The summed E-state index contributed by atoms with van der Waals surface area (Å²) in [6.07, 6.45) is 3.71. The molecule has 3 heteroatoms. The zero-order valence-electron chi connectivity index (χ0n) is 8.95. The SMILES string of the molecule is N[C@@H](CC1CC1)c1cc2cccc(Br)c2o1. The van der Waals surface area contributed by atoms with E-state index in [2.05, 4.69) is 28.1 Å². The minimum absolute atomic E-state index is 0.0480. The molecule has 84 valence electrons. The first-order valence-corrected chi connectivity index (χ1v) is 6.47. The molecule has 0 saturated heterocycles. The average molecular weight is 280 g/mol. The molecule has 16 heavy (non-hydrogen) atoms. The standard InChI is InChI=1S/C13H14BrNO/c14-10-3-1-2-9-7-12(16-13(9)10)11(15)6-8-4-5-8/h1-3,7-8,11H,4-6,15H2/t11-/m0/s1. The van der Waals surface area contributed by atoms with E-state index in [0.717, 1.165) is 33.5 Å². The van der Waals surface area contributed by atoms with Gasteiger partial charge in [-0.1, -0.05) is 25.0 Å². The van der Waals surface area contributed by atoms with Gasteiger partial charge in [-0.15, -0.1) is 0 Å². The van der Waals surface area contributed by atoms with E-state index in [1.165, 1.54) is 12.8 Å². The topological polar surface area (TPSA) is 39.2 Å². The summed E-state index contributed by atoms with van der Waals surface area (Å²) in [5.41, 5.74) is 7.05. The number of benzene rings is 1. The first kappa shape index (κ1) is 10.4. The number of halogens is 1. The summed E-state index contributed by atoms with van der Waals surface area (Å²) in [4.78, 5) is 0. The van der Waals surface area contributed by atoms with Crippen LogP contribution in [0.25, 0.3) is 11.0 Å². The molecule has 3 rings (SSSR count). The second kappa shape index (κ2) is 3.90. The highest BCUT2D eigenvalue weighted by molar-refractivity contribution is 9.10. The van der Waals surface area contributed by atoms with E-state index >= 15 is 0 Å². The molecule has 1 fully saturated rings. The van der Waals surface area contributed by atoms with Crippen molar-refractivity contribution in [1.82, 2.24) is 0 Å². The molecule has 2 aromatic rings. The van der Waals surface area contributed by atoms with Crippen molar-refractivity contribution in [2.75, 3.05) is 0 Å². The molecule has 0 bridgehead atoms. The number of fused-ring (bicyclic) bond motifs is 1. The van der Waals surface area contributed by atoms with Gasteiger partial charge in [0.15, 0.2) is 0 Å². The molecule has 1 atom stereocenters. The lowest BCUT2D eigenvalue weighted by atomic mass is 10.1. The molecule has 1 aromatic carbocycles. The third-order valence-corrected chi connectivity index (χ3v) is 3.79. The van der Waals surface area contributed by atoms with Gasteiger partial charge in [0.1, 0.15) is 11.3 Å². The first-order valence-electron chi connectivity index (χ1n) is 5.67. The predicted octanol–water partition coefficient (Wildman–Crippen LogP) is 4.00. The van der Waals surface area contributed by atoms with E-state index < -0.39 is 0 Å². The van der Waals surface area contributed by atoms with Crippen molar-refractivity contribution in [3.05, 3.63) is 34.5 Å². The third kappa shape index (κ3) is 1.89. The molecule has 0 spiro atoms. The van der Waals surface area contributed by atoms with E-state index in [0.29, 0.717) is 0 Å². The van der Waals surface area contributed by atoms with Gasteiger partial charge in [0.05, 0.1) is 10.5 Å². The number of para-hydroxylation sites is 1. The van der Waals surface area contributed by atoms with Gasteiger partial charge < -0.3 is 10.2 Å². The first-order chi connectivity index (χ1) is 7.74. The van der Waals surface area contributed by atoms with Crippen LogP contribution < -0.4 is 5.73 Å². The number of hydrogen-bond donors (Lipinski definition) is 1. The van der Waals surface area contributed by atoms with Crippen molar-refractivity contribution in [1.29, 1.82) is 0 Å². The third-order valence-electron chi connectivity index (χ3n) is 3.16. The summed E-state index contributed by atoms with van der Waals surface area (Å²) in [5.74, 6) is 1.74. The van der Waals surface area contributed by atoms with Crippen molar-refractivity contribution in [3.63, 3.8) is 0 Å². The molecular weight excluding hydrogens is 266 g/mol. The minimum atomic E-state index is 0.0480. The fraction of sp³-hybridized carbons (Fsp3) is 0.385. The quantitative estimate of drug-likeness (QED) is 0.923. The lowest BCUT2D eigenvalue weighted by molar-refractivity contribution is 0.462. The van der Waals surface area contributed by atoms with Crippen LogP contribution in [-0.4, -0.2) is 0 Å². The van der Waals surface area contributed by atoms with E-state index in [1.54, 1.807) is 0 Å². The van der Waals surface area contributed by atoms with E-state index in [4.69, 9.17) is 10.2 Å². The summed E-state index contributed by atoms with van der Waals surface area (Å²) >= 11 is 3.49. The Morgan fingerprint density at radius 3 is 2.94 bits per heavy atom. The van der Waals surface area contributed by atoms with Crippen LogP contribution in [0.3, 0.4) is 0 Å². The molecule has 2 N–H and O–H groups in total. The molecule has 0 unspecified atom stereocenters. The molecule has 1 saturated carbocycles. The highest BCUT2D eigenvalue weighted by Gasteiger charge is 2.26. The summed E-state index contributed by atoms with van der Waals surface area (Å²) in [7, 11) is 0. The molecule has 1 aliphatic rings. The Hall–Kier alpha value is -0.800. The van der Waals surface area contributed by atoms with Crippen LogP contribution in [0.15, 0.2) is 33.2 Å². The van der Waals surface area contributed by atoms with Gasteiger partial charge in [0.2, 0.25) is 0 Å². The van der Waals surface area contributed by atoms with Gasteiger partial charge in [-0.2, -0.15) is 0 Å². The number of nitrogens with two attached hydrogens (primary N) is 1. The molecule has 2 nitrogen and oxygen atoms in total.